The van der Waals surface area contributed by atoms with E-state index in [0.29, 0.717) is 12.1 Å². The van der Waals surface area contributed by atoms with Crippen LogP contribution in [0.1, 0.15) is 12.5 Å². The van der Waals surface area contributed by atoms with Crippen LogP contribution in [0.15, 0.2) is 66.2 Å². The number of rotatable bonds is 6. The van der Waals surface area contributed by atoms with Crippen LogP contribution in [0.4, 0.5) is 5.69 Å². The van der Waals surface area contributed by atoms with Gasteiger partial charge in [0.2, 0.25) is 0 Å². The number of ether oxygens (including phenoxy) is 1. The predicted molar refractivity (Wildman–Crippen MR) is 95.5 cm³/mol. The molecule has 2 aromatic rings. The van der Waals surface area contributed by atoms with E-state index in [1.54, 1.807) is 36.4 Å². The topological polar surface area (TPSA) is 70.4 Å². The third-order valence-electron chi connectivity index (χ3n) is 3.46. The highest BCUT2D eigenvalue weighted by Gasteiger charge is 2.17. The number of nitrogens with zero attached hydrogens (tertiary/aromatic N) is 2. The second-order valence-electron chi connectivity index (χ2n) is 5.13. The van der Waals surface area contributed by atoms with Gasteiger partial charge >= 0.3 is 5.97 Å². The van der Waals surface area contributed by atoms with E-state index in [0.717, 1.165) is 5.69 Å². The molecule has 2 aromatic carbocycles. The Labute approximate surface area is 146 Å². The number of nitriles is 1. The molecule has 0 heterocycles. The van der Waals surface area contributed by atoms with E-state index >= 15 is 0 Å². The molecule has 0 bridgehead atoms. The molecular weight excluding hydrogens is 316 g/mol. The molecule has 0 aliphatic rings. The second-order valence-corrected chi connectivity index (χ2v) is 5.13. The van der Waals surface area contributed by atoms with E-state index < -0.39 is 12.6 Å². The molecule has 0 spiro atoms. The van der Waals surface area contributed by atoms with Gasteiger partial charge in [0, 0.05) is 12.2 Å². The van der Waals surface area contributed by atoms with Gasteiger partial charge in [-0.05, 0) is 30.7 Å². The minimum atomic E-state index is -0.816. The number of amides is 1. The summed E-state index contributed by atoms with van der Waals surface area (Å²) in [5, 5.41) is 9.14. The van der Waals surface area contributed by atoms with Crippen molar-refractivity contribution in [2.75, 3.05) is 18.1 Å². The molecular formula is C20H18N2O3. The molecule has 0 saturated carbocycles. The van der Waals surface area contributed by atoms with Crippen molar-refractivity contribution in [3.63, 3.8) is 0 Å². The smallest absolute Gasteiger partial charge is 0.349 e. The lowest BCUT2D eigenvalue weighted by Gasteiger charge is -2.20. The Morgan fingerprint density at radius 2 is 1.68 bits per heavy atom. The molecule has 5 heteroatoms. The number of anilines is 1. The summed E-state index contributed by atoms with van der Waals surface area (Å²) in [6, 6.07) is 19.9. The van der Waals surface area contributed by atoms with Crippen LogP contribution in [0.3, 0.4) is 0 Å². The summed E-state index contributed by atoms with van der Waals surface area (Å²) in [5.74, 6) is -1.16. The lowest BCUT2D eigenvalue weighted by Crippen LogP contribution is -2.34. The van der Waals surface area contributed by atoms with Crippen molar-refractivity contribution < 1.29 is 14.3 Å². The zero-order valence-corrected chi connectivity index (χ0v) is 13.9. The molecule has 1 amide bonds. The van der Waals surface area contributed by atoms with Crippen molar-refractivity contribution in [1.82, 2.24) is 0 Å². The van der Waals surface area contributed by atoms with Crippen LogP contribution in [0.5, 0.6) is 0 Å². The molecule has 0 saturated heterocycles. The second kappa shape index (κ2) is 9.04. The normalized spacial score (nSPS) is 10.6. The minimum Gasteiger partial charge on any atom is -0.451 e. The quantitative estimate of drug-likeness (QED) is 0.462. The van der Waals surface area contributed by atoms with Crippen molar-refractivity contribution in [3.05, 3.63) is 71.8 Å². The first-order chi connectivity index (χ1) is 12.2. The average Bonchev–Trinajstić information content (AvgIpc) is 2.66. The van der Waals surface area contributed by atoms with E-state index in [-0.39, 0.29) is 11.5 Å². The molecule has 5 nitrogen and oxygen atoms in total. The Morgan fingerprint density at radius 3 is 2.24 bits per heavy atom. The highest BCUT2D eigenvalue weighted by molar-refractivity contribution is 6.00. The summed E-state index contributed by atoms with van der Waals surface area (Å²) in [4.78, 5) is 25.9. The van der Waals surface area contributed by atoms with E-state index in [4.69, 9.17) is 10.00 Å². The Kier molecular flexibility index (Phi) is 6.49. The van der Waals surface area contributed by atoms with Crippen molar-refractivity contribution in [3.8, 4) is 6.07 Å². The van der Waals surface area contributed by atoms with Crippen molar-refractivity contribution in [2.45, 2.75) is 6.92 Å². The number of carbonyl (C=O) groups excluding carboxylic acids is 2. The average molecular weight is 334 g/mol. The third kappa shape index (κ3) is 5.05. The fourth-order valence-electron chi connectivity index (χ4n) is 2.25. The maximum atomic E-state index is 12.3. The van der Waals surface area contributed by atoms with Crippen LogP contribution in [0.2, 0.25) is 0 Å². The summed E-state index contributed by atoms with van der Waals surface area (Å²) in [6.45, 7) is 1.86. The van der Waals surface area contributed by atoms with Gasteiger partial charge in [0.05, 0.1) is 0 Å². The lowest BCUT2D eigenvalue weighted by atomic mass is 10.1. The van der Waals surface area contributed by atoms with Gasteiger partial charge in [-0.1, -0.05) is 48.5 Å². The predicted octanol–water partition coefficient (Wildman–Crippen LogP) is 3.19. The SMILES string of the molecule is CCN(C(=O)COC(=O)C(C#N)=Cc1ccccc1)c1ccccc1. The minimum absolute atomic E-state index is 0.151. The van der Waals surface area contributed by atoms with Crippen LogP contribution in [-0.4, -0.2) is 25.0 Å². The Morgan fingerprint density at radius 1 is 1.08 bits per heavy atom. The fraction of sp³-hybridized carbons (Fsp3) is 0.150. The van der Waals surface area contributed by atoms with E-state index in [1.807, 2.05) is 37.3 Å². The molecule has 126 valence electrons. The number of hydrogen-bond donors (Lipinski definition) is 0. The number of esters is 1. The number of carbonyl (C=O) groups is 2. The molecule has 2 rings (SSSR count). The monoisotopic (exact) mass is 334 g/mol. The van der Waals surface area contributed by atoms with Gasteiger partial charge in [-0.3, -0.25) is 4.79 Å². The van der Waals surface area contributed by atoms with Crippen molar-refractivity contribution in [2.24, 2.45) is 0 Å². The number of likely N-dealkylation sites (N-methyl/N-ethyl adjacent to an activating group) is 1. The largest absolute Gasteiger partial charge is 0.451 e. The first kappa shape index (κ1) is 18.0. The molecule has 0 aromatic heterocycles. The zero-order chi connectivity index (χ0) is 18.1. The van der Waals surface area contributed by atoms with Crippen molar-refractivity contribution in [1.29, 1.82) is 5.26 Å². The molecule has 0 fully saturated rings. The number of hydrogen-bond acceptors (Lipinski definition) is 4. The fourth-order valence-corrected chi connectivity index (χ4v) is 2.25. The highest BCUT2D eigenvalue weighted by Crippen LogP contribution is 2.13. The summed E-state index contributed by atoms with van der Waals surface area (Å²) in [7, 11) is 0. The van der Waals surface area contributed by atoms with Crippen LogP contribution in [0.25, 0.3) is 6.08 Å². The molecule has 0 aliphatic carbocycles. The number of benzene rings is 2. The van der Waals surface area contributed by atoms with Crippen LogP contribution in [-0.2, 0) is 14.3 Å². The van der Waals surface area contributed by atoms with Crippen LogP contribution in [0, 0.1) is 11.3 Å². The maximum Gasteiger partial charge on any atom is 0.349 e. The van der Waals surface area contributed by atoms with E-state index in [1.165, 1.54) is 11.0 Å². The van der Waals surface area contributed by atoms with E-state index in [9.17, 15) is 9.59 Å². The molecule has 25 heavy (non-hydrogen) atoms. The molecule has 0 unspecified atom stereocenters. The first-order valence-corrected chi connectivity index (χ1v) is 7.85. The van der Waals surface area contributed by atoms with E-state index in [2.05, 4.69) is 0 Å². The summed E-state index contributed by atoms with van der Waals surface area (Å²) in [5.41, 5.74) is 1.29. The maximum absolute atomic E-state index is 12.3. The van der Waals surface area contributed by atoms with Gasteiger partial charge in [-0.25, -0.2) is 4.79 Å². The van der Waals surface area contributed by atoms with Crippen LogP contribution < -0.4 is 4.90 Å². The van der Waals surface area contributed by atoms with Gasteiger partial charge in [-0.15, -0.1) is 0 Å². The molecule has 0 radical (unpaired) electrons. The Balaban J connectivity index is 2.01. The van der Waals surface area contributed by atoms with Gasteiger partial charge in [0.15, 0.2) is 6.61 Å². The first-order valence-electron chi connectivity index (χ1n) is 7.85. The summed E-state index contributed by atoms with van der Waals surface area (Å²) < 4.78 is 5.01. The van der Waals surface area contributed by atoms with Gasteiger partial charge < -0.3 is 9.64 Å². The standard InChI is InChI=1S/C20H18N2O3/c1-2-22(18-11-7-4-8-12-18)19(23)15-25-20(24)17(14-21)13-16-9-5-3-6-10-16/h3-13H,2,15H2,1H3. The highest BCUT2D eigenvalue weighted by atomic mass is 16.5. The van der Waals surface area contributed by atoms with Gasteiger partial charge in [0.1, 0.15) is 11.6 Å². The molecule has 0 aliphatic heterocycles. The summed E-state index contributed by atoms with van der Waals surface area (Å²) in [6.07, 6.45) is 1.43. The van der Waals surface area contributed by atoms with Crippen molar-refractivity contribution >= 4 is 23.6 Å². The Bertz CT molecular complexity index is 793. The Hall–Kier alpha value is -3.39. The van der Waals surface area contributed by atoms with Gasteiger partial charge in [-0.2, -0.15) is 5.26 Å². The van der Waals surface area contributed by atoms with Gasteiger partial charge in [0.25, 0.3) is 5.91 Å². The zero-order valence-electron chi connectivity index (χ0n) is 13.9. The lowest BCUT2D eigenvalue weighted by molar-refractivity contribution is -0.143. The van der Waals surface area contributed by atoms with Crippen LogP contribution >= 0.6 is 0 Å². The summed E-state index contributed by atoms with van der Waals surface area (Å²) >= 11 is 0. The molecule has 0 atom stereocenters. The third-order valence-corrected chi connectivity index (χ3v) is 3.46. The molecule has 0 N–H and O–H groups in total. The number of para-hydroxylation sites is 1.